The second-order valence-corrected chi connectivity index (χ2v) is 0.519. The molecule has 30 valence electrons. The zero-order valence-corrected chi connectivity index (χ0v) is 5.31. The molecule has 0 aromatic rings. The van der Waals surface area contributed by atoms with Gasteiger partial charge in [0.25, 0.3) is 5.97 Å². The van der Waals surface area contributed by atoms with Crippen LogP contribution in [0.15, 0.2) is 0 Å². The molecular weight excluding hydrogens is 170 g/mol. The van der Waals surface area contributed by atoms with E-state index in [0.717, 1.165) is 6.92 Å². The summed E-state index contributed by atoms with van der Waals surface area (Å²) in [7, 11) is 0. The average Bonchev–Trinajstić information content (AvgIpc) is 0.811. The minimum atomic E-state index is -0.833. The maximum atomic E-state index is 9.00. The molecule has 1 N–H and O–H groups in total. The molecule has 0 rings (SSSR count). The van der Waals surface area contributed by atoms with E-state index in [-0.39, 0.29) is 55.8 Å². The number of carboxylic acid groups (broad SMARTS) is 1. The summed E-state index contributed by atoms with van der Waals surface area (Å²) in [5.41, 5.74) is 0. The summed E-state index contributed by atoms with van der Waals surface area (Å²) in [6.07, 6.45) is 0. The van der Waals surface area contributed by atoms with Crippen molar-refractivity contribution in [3.05, 3.63) is 0 Å². The molecule has 4 heteroatoms. The summed E-state index contributed by atoms with van der Waals surface area (Å²) < 4.78 is 0. The van der Waals surface area contributed by atoms with Crippen molar-refractivity contribution in [1.82, 2.24) is 0 Å². The van der Waals surface area contributed by atoms with Gasteiger partial charge in [0.2, 0.25) is 0 Å². The number of carboxylic acids is 1. The molecule has 0 fully saturated rings. The van der Waals surface area contributed by atoms with Crippen LogP contribution in [0, 0.1) is 0 Å². The van der Waals surface area contributed by atoms with Crippen LogP contribution in [0.2, 0.25) is 0 Å². The predicted molar refractivity (Wildman–Crippen MR) is 20.5 cm³/mol. The minimum absolute atomic E-state index is 0. The van der Waals surface area contributed by atoms with Crippen LogP contribution in [0.25, 0.3) is 0 Å². The molecule has 0 aromatic carbocycles. The van der Waals surface area contributed by atoms with Crippen LogP contribution in [-0.2, 0) is 31.0 Å². The zero-order valence-electron chi connectivity index (χ0n) is 2.86. The first-order valence-electron chi connectivity index (χ1n) is 0.928. The van der Waals surface area contributed by atoms with Gasteiger partial charge in [-0.25, -0.2) is 0 Å². The number of hydrogen-bond acceptors (Lipinski definition) is 1. The molecule has 0 aromatic heterocycles. The summed E-state index contributed by atoms with van der Waals surface area (Å²) in [4.78, 5) is 9.00. The topological polar surface area (TPSA) is 37.3 Å². The fraction of sp³-hybridized carbons (Fsp3) is 0.500. The first-order valence-corrected chi connectivity index (χ1v) is 0.928. The average molecular weight is 175 g/mol. The Morgan fingerprint density at radius 2 is 1.67 bits per heavy atom. The van der Waals surface area contributed by atoms with Crippen molar-refractivity contribution in [2.24, 2.45) is 0 Å². The van der Waals surface area contributed by atoms with E-state index in [9.17, 15) is 0 Å². The molecular formula is C2H5NaO2Zr. The van der Waals surface area contributed by atoms with Gasteiger partial charge in [0.05, 0.1) is 0 Å². The molecule has 0 spiro atoms. The molecule has 0 atom stereocenters. The maximum Gasteiger partial charge on any atom is 0 e. The molecule has 0 aliphatic carbocycles. The number of aliphatic carboxylic acids is 1. The van der Waals surface area contributed by atoms with E-state index in [1.807, 2.05) is 0 Å². The van der Waals surface area contributed by atoms with Gasteiger partial charge in [0.1, 0.15) is 0 Å². The molecule has 0 amide bonds. The monoisotopic (exact) mass is 174 g/mol. The van der Waals surface area contributed by atoms with Crippen molar-refractivity contribution in [1.29, 1.82) is 0 Å². The molecule has 0 bridgehead atoms. The molecule has 0 saturated carbocycles. The first kappa shape index (κ1) is 15.7. The van der Waals surface area contributed by atoms with Gasteiger partial charge in [-0.1, -0.05) is 0 Å². The second-order valence-electron chi connectivity index (χ2n) is 0.519. The van der Waals surface area contributed by atoms with Crippen molar-refractivity contribution in [2.75, 3.05) is 0 Å². The van der Waals surface area contributed by atoms with Gasteiger partial charge in [-0.3, -0.25) is 4.79 Å². The van der Waals surface area contributed by atoms with Gasteiger partial charge >= 0.3 is 29.6 Å². The first-order chi connectivity index (χ1) is 1.73. The molecule has 0 aliphatic heterocycles. The van der Waals surface area contributed by atoms with E-state index < -0.39 is 5.97 Å². The molecule has 0 heterocycles. The quantitative estimate of drug-likeness (QED) is 0.501. The third-order valence-electron chi connectivity index (χ3n) is 0. The standard InChI is InChI=1S/C2H4O2.Na.Zr.H/c1-2(3)4;;;/h1H3,(H,3,4);;;. The second kappa shape index (κ2) is 9.61. The molecule has 0 unspecified atom stereocenters. The molecule has 0 aliphatic rings. The maximum absolute atomic E-state index is 9.00. The normalized spacial score (nSPS) is 4.17. The zero-order chi connectivity index (χ0) is 3.58. The van der Waals surface area contributed by atoms with Gasteiger partial charge in [0.15, 0.2) is 0 Å². The summed E-state index contributed by atoms with van der Waals surface area (Å²) in [6.45, 7) is 1.08. The molecule has 0 saturated heterocycles. The number of rotatable bonds is 0. The third kappa shape index (κ3) is 55.4. The Hall–Kier alpha value is 1.35. The minimum Gasteiger partial charge on any atom is 0 e. The largest absolute Gasteiger partial charge is 0 e. The Bertz CT molecular complexity index is 34.5. The molecule has 2 nitrogen and oxygen atoms in total. The van der Waals surface area contributed by atoms with Crippen LogP contribution in [0.3, 0.4) is 0 Å². The van der Waals surface area contributed by atoms with Gasteiger partial charge in [0, 0.05) is 33.1 Å². The van der Waals surface area contributed by atoms with E-state index in [2.05, 4.69) is 0 Å². The van der Waals surface area contributed by atoms with E-state index in [1.165, 1.54) is 0 Å². The summed E-state index contributed by atoms with van der Waals surface area (Å²) in [5, 5.41) is 7.42. The molecule has 6 heavy (non-hydrogen) atoms. The van der Waals surface area contributed by atoms with Crippen molar-refractivity contribution < 1.29 is 36.1 Å². The smallest absolute Gasteiger partial charge is 0 e. The Kier molecular flexibility index (Phi) is 25.1. The van der Waals surface area contributed by atoms with Crippen LogP contribution in [0.4, 0.5) is 0 Å². The Morgan fingerprint density at radius 1 is 1.67 bits per heavy atom. The van der Waals surface area contributed by atoms with E-state index in [4.69, 9.17) is 9.90 Å². The van der Waals surface area contributed by atoms with Crippen LogP contribution in [0.1, 0.15) is 6.92 Å². The predicted octanol–water partition coefficient (Wildman–Crippen LogP) is -0.560. The summed E-state index contributed by atoms with van der Waals surface area (Å²) in [5.74, 6) is -0.833. The molecule has 0 radical (unpaired) electrons. The Balaban J connectivity index is -0.0000000450. The Labute approximate surface area is 77.7 Å². The van der Waals surface area contributed by atoms with Gasteiger partial charge in [-0.2, -0.15) is 0 Å². The van der Waals surface area contributed by atoms with E-state index >= 15 is 0 Å². The SMILES string of the molecule is CC(=O)O.[NaH].[Zr]. The number of hydrogen-bond donors (Lipinski definition) is 1. The Morgan fingerprint density at radius 3 is 1.67 bits per heavy atom. The fourth-order valence-corrected chi connectivity index (χ4v) is 0. The van der Waals surface area contributed by atoms with Gasteiger partial charge in [-0.15, -0.1) is 0 Å². The van der Waals surface area contributed by atoms with Crippen LogP contribution in [-0.4, -0.2) is 40.6 Å². The summed E-state index contributed by atoms with van der Waals surface area (Å²) in [6, 6.07) is 0. The van der Waals surface area contributed by atoms with Crippen molar-refractivity contribution in [3.63, 3.8) is 0 Å². The van der Waals surface area contributed by atoms with Gasteiger partial charge < -0.3 is 5.11 Å². The van der Waals surface area contributed by atoms with Crippen molar-refractivity contribution in [3.8, 4) is 0 Å². The third-order valence-corrected chi connectivity index (χ3v) is 0. The van der Waals surface area contributed by atoms with E-state index in [1.54, 1.807) is 0 Å². The van der Waals surface area contributed by atoms with Gasteiger partial charge in [-0.05, 0) is 0 Å². The van der Waals surface area contributed by atoms with Crippen molar-refractivity contribution >= 4 is 35.5 Å². The number of carbonyl (C=O) groups is 1. The fourth-order valence-electron chi connectivity index (χ4n) is 0. The van der Waals surface area contributed by atoms with Crippen LogP contribution >= 0.6 is 0 Å². The summed E-state index contributed by atoms with van der Waals surface area (Å²) >= 11 is 0. The van der Waals surface area contributed by atoms with Crippen LogP contribution in [0.5, 0.6) is 0 Å². The van der Waals surface area contributed by atoms with E-state index in [0.29, 0.717) is 0 Å². The van der Waals surface area contributed by atoms with Crippen LogP contribution < -0.4 is 0 Å². The van der Waals surface area contributed by atoms with Crippen molar-refractivity contribution in [2.45, 2.75) is 6.92 Å².